The minimum Gasteiger partial charge on any atom is -0.462 e. The van der Waals surface area contributed by atoms with Gasteiger partial charge in [-0.25, -0.2) is 15.9 Å². The lowest BCUT2D eigenvalue weighted by atomic mass is 10.0. The van der Waals surface area contributed by atoms with E-state index in [1.54, 1.807) is 17.0 Å². The number of halogens is 2. The monoisotopic (exact) mass is 634 g/mol. The number of para-hydroxylation sites is 1. The molecule has 2 aromatic heterocycles. The van der Waals surface area contributed by atoms with Gasteiger partial charge in [-0.3, -0.25) is 4.79 Å². The van der Waals surface area contributed by atoms with Crippen LogP contribution in [0.25, 0.3) is 37.1 Å². The van der Waals surface area contributed by atoms with E-state index in [9.17, 15) is 4.79 Å². The minimum atomic E-state index is -0.617. The van der Waals surface area contributed by atoms with Gasteiger partial charge in [0.25, 0.3) is 0 Å². The number of likely N-dealkylation sites (N-methyl/N-ethyl adjacent to an activating group) is 1. The number of hydrogen-bond donors (Lipinski definition) is 1. The van der Waals surface area contributed by atoms with Crippen molar-refractivity contribution in [1.29, 1.82) is 0 Å². The van der Waals surface area contributed by atoms with Gasteiger partial charge in [-0.2, -0.15) is 9.97 Å². The molecule has 0 aliphatic carbocycles. The van der Waals surface area contributed by atoms with E-state index in [4.69, 9.17) is 33.6 Å². The van der Waals surface area contributed by atoms with Crippen molar-refractivity contribution in [1.82, 2.24) is 24.8 Å². The van der Waals surface area contributed by atoms with Crippen LogP contribution in [0.4, 0.5) is 15.3 Å². The van der Waals surface area contributed by atoms with Gasteiger partial charge in [0.1, 0.15) is 17.9 Å². The Bertz CT molecular complexity index is 1790. The van der Waals surface area contributed by atoms with Crippen molar-refractivity contribution in [2.45, 2.75) is 18.9 Å². The molecule has 1 unspecified atom stereocenters. The fourth-order valence-corrected chi connectivity index (χ4v) is 7.17. The average Bonchev–Trinajstić information content (AvgIpc) is 3.53. The Labute approximate surface area is 263 Å². The van der Waals surface area contributed by atoms with E-state index < -0.39 is 5.82 Å². The Morgan fingerprint density at radius 2 is 2.11 bits per heavy atom. The summed E-state index contributed by atoms with van der Waals surface area (Å²) in [5, 5.41) is 0.967. The van der Waals surface area contributed by atoms with Crippen LogP contribution < -0.4 is 15.4 Å². The van der Waals surface area contributed by atoms with E-state index in [1.165, 1.54) is 17.4 Å². The van der Waals surface area contributed by atoms with E-state index >= 15 is 4.39 Å². The molecule has 1 amide bonds. The summed E-state index contributed by atoms with van der Waals surface area (Å²) < 4.78 is 23.7. The van der Waals surface area contributed by atoms with E-state index in [1.807, 2.05) is 17.0 Å². The lowest BCUT2D eigenvalue weighted by Crippen LogP contribution is -2.35. The number of likely N-dealkylation sites (tertiary alicyclic amines) is 1. The number of hydrogen-bond acceptors (Lipinski definition) is 9. The minimum absolute atomic E-state index is 0.0566. The van der Waals surface area contributed by atoms with Gasteiger partial charge in [-0.05, 0) is 44.6 Å². The fraction of sp³-hybridized carbons (Fsp3) is 0.387. The van der Waals surface area contributed by atoms with Crippen molar-refractivity contribution >= 4 is 60.9 Å². The van der Waals surface area contributed by atoms with Gasteiger partial charge < -0.3 is 30.0 Å². The molecule has 2 aromatic carbocycles. The van der Waals surface area contributed by atoms with Gasteiger partial charge in [0.15, 0.2) is 10.9 Å². The Balaban J connectivity index is 1.49. The summed E-state index contributed by atoms with van der Waals surface area (Å²) in [6.07, 6.45) is 3.35. The predicted octanol–water partition coefficient (Wildman–Crippen LogP) is 5.12. The third kappa shape index (κ3) is 5.75. The molecule has 2 atom stereocenters. The van der Waals surface area contributed by atoms with Crippen molar-refractivity contribution in [2.75, 3.05) is 63.6 Å². The summed E-state index contributed by atoms with van der Waals surface area (Å²) >= 11 is 8.17. The van der Waals surface area contributed by atoms with Gasteiger partial charge in [-0.15, -0.1) is 0 Å². The first-order valence-electron chi connectivity index (χ1n) is 14.4. The number of benzene rings is 2. The highest BCUT2D eigenvalue weighted by Gasteiger charge is 2.31. The van der Waals surface area contributed by atoms with Crippen molar-refractivity contribution in [3.05, 3.63) is 59.2 Å². The predicted molar refractivity (Wildman–Crippen MR) is 173 cm³/mol. The molecule has 2 fully saturated rings. The molecule has 228 valence electrons. The number of ether oxygens (including phenoxy) is 1. The highest BCUT2D eigenvalue weighted by atomic mass is 35.5. The molecule has 0 spiro atoms. The quantitative estimate of drug-likeness (QED) is 0.221. The maximum Gasteiger partial charge on any atom is 0.319 e. The SMILES string of the molecule is [C-]#[N+]CC1CN(C(=O)C=C)CCN(c2nc(OC[C@@H]3CCCN3C)nc3c(F)c(-c4cccc5sc(N)nc45)c(Cl)cc23)C1. The van der Waals surface area contributed by atoms with Gasteiger partial charge in [-0.1, -0.05) is 41.6 Å². The summed E-state index contributed by atoms with van der Waals surface area (Å²) in [4.78, 5) is 35.9. The highest BCUT2D eigenvalue weighted by Crippen LogP contribution is 2.42. The second-order valence-electron chi connectivity index (χ2n) is 11.2. The number of carbonyl (C=O) groups excluding carboxylic acids is 1. The van der Waals surface area contributed by atoms with Gasteiger partial charge >= 0.3 is 6.01 Å². The Morgan fingerprint density at radius 1 is 1.27 bits per heavy atom. The summed E-state index contributed by atoms with van der Waals surface area (Å²) in [5.41, 5.74) is 7.30. The molecule has 4 heterocycles. The lowest BCUT2D eigenvalue weighted by molar-refractivity contribution is -0.126. The molecular weight excluding hydrogens is 603 g/mol. The third-order valence-electron chi connectivity index (χ3n) is 8.36. The summed E-state index contributed by atoms with van der Waals surface area (Å²) in [6, 6.07) is 7.40. The molecule has 0 radical (unpaired) electrons. The number of fused-ring (bicyclic) bond motifs is 2. The summed E-state index contributed by atoms with van der Waals surface area (Å²) in [5.74, 6) is -0.535. The van der Waals surface area contributed by atoms with Crippen LogP contribution in [0.5, 0.6) is 6.01 Å². The normalized spacial score (nSPS) is 19.3. The molecule has 13 heteroatoms. The highest BCUT2D eigenvalue weighted by molar-refractivity contribution is 7.22. The number of anilines is 2. The standard InChI is InChI=1S/C31H32ClFN8O2S/c1-4-24(42)40-11-12-41(16-18(15-40)14-35-2)29-21-13-22(32)25(20-8-5-9-23-27(20)36-30(34)44-23)26(33)28(21)37-31(38-29)43-17-19-7-6-10-39(19)3/h4-5,8-9,13,18-19H,1,6-7,10-12,14-17H2,3H3,(H2,34,36)/t18?,19-/m0/s1. The number of nitrogen functional groups attached to an aromatic ring is 1. The zero-order chi connectivity index (χ0) is 31.0. The molecular formula is C31H32ClFN8O2S. The number of carbonyl (C=O) groups is 1. The molecule has 44 heavy (non-hydrogen) atoms. The first-order valence-corrected chi connectivity index (χ1v) is 15.6. The van der Waals surface area contributed by atoms with Crippen LogP contribution in [0.1, 0.15) is 12.8 Å². The van der Waals surface area contributed by atoms with E-state index in [0.717, 1.165) is 24.1 Å². The van der Waals surface area contributed by atoms with E-state index in [-0.39, 0.29) is 46.5 Å². The average molecular weight is 635 g/mol. The lowest BCUT2D eigenvalue weighted by Gasteiger charge is -2.26. The second kappa shape index (κ2) is 12.5. The van der Waals surface area contributed by atoms with Crippen LogP contribution in [0.15, 0.2) is 36.9 Å². The molecule has 4 aromatic rings. The largest absolute Gasteiger partial charge is 0.462 e. The van der Waals surface area contributed by atoms with Gasteiger partial charge in [0.2, 0.25) is 12.5 Å². The zero-order valence-corrected chi connectivity index (χ0v) is 25.9. The fourth-order valence-electron chi connectivity index (χ4n) is 6.11. The van der Waals surface area contributed by atoms with Crippen LogP contribution >= 0.6 is 22.9 Å². The van der Waals surface area contributed by atoms with Crippen molar-refractivity contribution in [2.24, 2.45) is 5.92 Å². The van der Waals surface area contributed by atoms with Crippen molar-refractivity contribution in [3.63, 3.8) is 0 Å². The van der Waals surface area contributed by atoms with E-state index in [2.05, 4.69) is 33.3 Å². The molecule has 2 aliphatic heterocycles. The first kappa shape index (κ1) is 30.0. The Kier molecular flexibility index (Phi) is 8.53. The number of nitrogens with two attached hydrogens (primary N) is 1. The van der Waals surface area contributed by atoms with Crippen LogP contribution in [-0.2, 0) is 4.79 Å². The Morgan fingerprint density at radius 3 is 2.86 bits per heavy atom. The van der Waals surface area contributed by atoms with Gasteiger partial charge in [0, 0.05) is 48.7 Å². The number of thiazole rings is 1. The summed E-state index contributed by atoms with van der Waals surface area (Å²) in [7, 11) is 2.05. The number of aromatic nitrogens is 3. The van der Waals surface area contributed by atoms with Crippen LogP contribution in [0.2, 0.25) is 5.02 Å². The Hall–Kier alpha value is -4.05. The van der Waals surface area contributed by atoms with Gasteiger partial charge in [0.05, 0.1) is 21.2 Å². The maximum atomic E-state index is 16.8. The first-order chi connectivity index (χ1) is 21.3. The number of amides is 1. The number of rotatable bonds is 7. The molecule has 0 bridgehead atoms. The van der Waals surface area contributed by atoms with E-state index in [0.29, 0.717) is 60.2 Å². The summed E-state index contributed by atoms with van der Waals surface area (Å²) in [6.45, 7) is 14.3. The van der Waals surface area contributed by atoms with Crippen molar-refractivity contribution < 1.29 is 13.9 Å². The topological polar surface area (TPSA) is 105 Å². The molecule has 10 nitrogen and oxygen atoms in total. The molecule has 6 rings (SSSR count). The van der Waals surface area contributed by atoms with Crippen LogP contribution in [-0.4, -0.2) is 89.6 Å². The molecule has 0 saturated carbocycles. The van der Waals surface area contributed by atoms with Crippen LogP contribution in [0.3, 0.4) is 0 Å². The van der Waals surface area contributed by atoms with Crippen molar-refractivity contribution in [3.8, 4) is 17.1 Å². The smallest absolute Gasteiger partial charge is 0.319 e. The molecule has 2 aliphatic rings. The number of nitrogens with zero attached hydrogens (tertiary/aromatic N) is 7. The molecule has 2 saturated heterocycles. The third-order valence-corrected chi connectivity index (χ3v) is 9.50. The zero-order valence-electron chi connectivity index (χ0n) is 24.3. The van der Waals surface area contributed by atoms with Crippen LogP contribution in [0, 0.1) is 18.3 Å². The molecule has 2 N–H and O–H groups in total. The maximum absolute atomic E-state index is 16.8. The second-order valence-corrected chi connectivity index (χ2v) is 12.7.